The number of fused-ring (bicyclic) bond motifs is 1. The third-order valence-electron chi connectivity index (χ3n) is 3.83. The summed E-state index contributed by atoms with van der Waals surface area (Å²) >= 11 is 2.91. The molecule has 1 aliphatic rings. The number of amides is 1. The zero-order valence-corrected chi connectivity index (χ0v) is 15.7. The van der Waals surface area contributed by atoms with Gasteiger partial charge in [0.2, 0.25) is 5.91 Å². The van der Waals surface area contributed by atoms with Gasteiger partial charge in [-0.2, -0.15) is 0 Å². The van der Waals surface area contributed by atoms with Gasteiger partial charge in [0.25, 0.3) is 0 Å². The summed E-state index contributed by atoms with van der Waals surface area (Å²) in [6.45, 7) is -0.326. The number of anilines is 1. The fourth-order valence-electron chi connectivity index (χ4n) is 2.44. The highest BCUT2D eigenvalue weighted by molar-refractivity contribution is 8.01. The normalized spacial score (nSPS) is 15.7. The molecule has 1 N–H and O–H groups in total. The van der Waals surface area contributed by atoms with E-state index in [1.807, 2.05) is 42.7 Å². The van der Waals surface area contributed by atoms with Gasteiger partial charge in [-0.25, -0.2) is 0 Å². The second kappa shape index (κ2) is 8.42. The number of hydrogen-bond acceptors (Lipinski definition) is 6. The van der Waals surface area contributed by atoms with E-state index < -0.39 is 11.2 Å². The van der Waals surface area contributed by atoms with Gasteiger partial charge in [0, 0.05) is 15.4 Å². The Balaban J connectivity index is 1.52. The maximum Gasteiger partial charge on any atom is 0.307 e. The van der Waals surface area contributed by atoms with Gasteiger partial charge in [0.1, 0.15) is 0 Å². The Bertz CT molecular complexity index is 836. The molecule has 1 aliphatic heterocycles. The molecule has 0 bridgehead atoms. The lowest BCUT2D eigenvalue weighted by Crippen LogP contribution is -2.31. The lowest BCUT2D eigenvalue weighted by atomic mass is 10.1. The topological polar surface area (TPSA) is 72.5 Å². The van der Waals surface area contributed by atoms with Gasteiger partial charge in [-0.15, -0.1) is 23.5 Å². The second-order valence-electron chi connectivity index (χ2n) is 5.61. The summed E-state index contributed by atoms with van der Waals surface area (Å²) < 4.78 is 5.07. The van der Waals surface area contributed by atoms with E-state index in [1.54, 1.807) is 23.9 Å². The van der Waals surface area contributed by atoms with Crippen LogP contribution in [0.15, 0.2) is 58.3 Å². The molecule has 2 aromatic rings. The van der Waals surface area contributed by atoms with Crippen LogP contribution in [0.3, 0.4) is 0 Å². The molecule has 1 heterocycles. The van der Waals surface area contributed by atoms with Crippen molar-refractivity contribution in [3.05, 3.63) is 54.1 Å². The first-order chi connectivity index (χ1) is 12.6. The van der Waals surface area contributed by atoms with E-state index in [2.05, 4.69) is 5.32 Å². The summed E-state index contributed by atoms with van der Waals surface area (Å²) in [5.41, 5.74) is 1.24. The molecule has 0 aromatic heterocycles. The number of ketones is 1. The van der Waals surface area contributed by atoms with Crippen molar-refractivity contribution in [1.29, 1.82) is 0 Å². The van der Waals surface area contributed by atoms with E-state index in [1.165, 1.54) is 11.8 Å². The number of para-hydroxylation sites is 1. The molecule has 1 unspecified atom stereocenters. The number of ether oxygens (including phenoxy) is 1. The molecule has 0 spiro atoms. The number of thioether (sulfide) groups is 2. The van der Waals surface area contributed by atoms with Crippen LogP contribution in [0.5, 0.6) is 0 Å². The summed E-state index contributed by atoms with van der Waals surface area (Å²) in [5, 5.41) is 2.22. The summed E-state index contributed by atoms with van der Waals surface area (Å²) in [4.78, 5) is 38.2. The average Bonchev–Trinajstić information content (AvgIpc) is 2.66. The molecule has 1 atom stereocenters. The Labute approximate surface area is 159 Å². The number of esters is 1. The second-order valence-corrected chi connectivity index (χ2v) is 7.73. The quantitative estimate of drug-likeness (QED) is 0.464. The third-order valence-corrected chi connectivity index (χ3v) is 5.85. The minimum atomic E-state index is -0.564. The molecule has 0 fully saturated rings. The van der Waals surface area contributed by atoms with E-state index in [0.717, 1.165) is 15.5 Å². The van der Waals surface area contributed by atoms with Crippen LogP contribution < -0.4 is 5.32 Å². The van der Waals surface area contributed by atoms with Crippen molar-refractivity contribution in [2.75, 3.05) is 18.2 Å². The third kappa shape index (κ3) is 4.47. The van der Waals surface area contributed by atoms with Gasteiger partial charge in [0.05, 0.1) is 17.4 Å². The van der Waals surface area contributed by atoms with Crippen molar-refractivity contribution < 1.29 is 19.1 Å². The highest BCUT2D eigenvalue weighted by Gasteiger charge is 2.29. The lowest BCUT2D eigenvalue weighted by Gasteiger charge is -2.23. The summed E-state index contributed by atoms with van der Waals surface area (Å²) in [6.07, 6.45) is 1.87. The minimum absolute atomic E-state index is 0.0798. The van der Waals surface area contributed by atoms with E-state index >= 15 is 0 Å². The van der Waals surface area contributed by atoms with Crippen molar-refractivity contribution in [3.63, 3.8) is 0 Å². The number of benzene rings is 2. The van der Waals surface area contributed by atoms with Crippen LogP contribution in [0.25, 0.3) is 0 Å². The lowest BCUT2D eigenvalue weighted by molar-refractivity contribution is -0.143. The zero-order chi connectivity index (χ0) is 18.5. The van der Waals surface area contributed by atoms with Crippen LogP contribution in [-0.4, -0.2) is 35.8 Å². The molecule has 2 aromatic carbocycles. The minimum Gasteiger partial charge on any atom is -0.457 e. The van der Waals surface area contributed by atoms with E-state index in [4.69, 9.17) is 4.74 Å². The Morgan fingerprint density at radius 1 is 1.15 bits per heavy atom. The number of carbonyl (C=O) groups excluding carboxylic acids is 3. The summed E-state index contributed by atoms with van der Waals surface area (Å²) in [7, 11) is 0. The maximum absolute atomic E-state index is 12.1. The molecular formula is C19H17NO4S2. The Kier molecular flexibility index (Phi) is 6.00. The molecule has 7 heteroatoms. The summed E-state index contributed by atoms with van der Waals surface area (Å²) in [5.74, 6) is -1.06. The Morgan fingerprint density at radius 2 is 1.88 bits per heavy atom. The van der Waals surface area contributed by atoms with Gasteiger partial charge in [-0.3, -0.25) is 14.4 Å². The van der Waals surface area contributed by atoms with Crippen LogP contribution in [0.1, 0.15) is 16.8 Å². The van der Waals surface area contributed by atoms with E-state index in [-0.39, 0.29) is 24.7 Å². The molecule has 0 radical (unpaired) electrons. The van der Waals surface area contributed by atoms with Gasteiger partial charge >= 0.3 is 5.97 Å². The molecular weight excluding hydrogens is 370 g/mol. The van der Waals surface area contributed by atoms with Crippen molar-refractivity contribution >= 4 is 46.9 Å². The monoisotopic (exact) mass is 387 g/mol. The zero-order valence-electron chi connectivity index (χ0n) is 14.1. The predicted octanol–water partition coefficient (Wildman–Crippen LogP) is 3.64. The van der Waals surface area contributed by atoms with Crippen LogP contribution in [0.4, 0.5) is 5.69 Å². The molecule has 134 valence electrons. The first-order valence-corrected chi connectivity index (χ1v) is 10.1. The number of carbonyl (C=O) groups is 3. The molecule has 1 amide bonds. The molecule has 0 aliphatic carbocycles. The van der Waals surface area contributed by atoms with Crippen LogP contribution in [-0.2, 0) is 14.3 Å². The predicted molar refractivity (Wildman–Crippen MR) is 103 cm³/mol. The number of rotatable bonds is 6. The smallest absolute Gasteiger partial charge is 0.307 e. The molecule has 26 heavy (non-hydrogen) atoms. The molecule has 3 rings (SSSR count). The van der Waals surface area contributed by atoms with Crippen molar-refractivity contribution in [2.24, 2.45) is 0 Å². The highest BCUT2D eigenvalue weighted by atomic mass is 32.2. The van der Waals surface area contributed by atoms with Gasteiger partial charge in [0.15, 0.2) is 12.4 Å². The number of nitrogens with one attached hydrogen (secondary N) is 1. The SMILES string of the molecule is CSc1ccc(C(=O)COC(=O)CC2Sc3ccccc3NC2=O)cc1. The number of hydrogen-bond donors (Lipinski definition) is 1. The van der Waals surface area contributed by atoms with Crippen LogP contribution in [0, 0.1) is 0 Å². The standard InChI is InChI=1S/C19H17NO4S2/c1-25-13-8-6-12(7-9-13)15(21)11-24-18(22)10-17-19(23)20-14-4-2-3-5-16(14)26-17/h2-9,17H,10-11H2,1H3,(H,20,23). The number of Topliss-reactive ketones (excluding diaryl/α,β-unsaturated/α-hetero) is 1. The summed E-state index contributed by atoms with van der Waals surface area (Å²) in [6, 6.07) is 14.5. The first-order valence-electron chi connectivity index (χ1n) is 7.96. The Morgan fingerprint density at radius 3 is 2.62 bits per heavy atom. The maximum atomic E-state index is 12.1. The van der Waals surface area contributed by atoms with Crippen LogP contribution >= 0.6 is 23.5 Å². The fraction of sp³-hybridized carbons (Fsp3) is 0.211. The van der Waals surface area contributed by atoms with Crippen molar-refractivity contribution in [2.45, 2.75) is 21.5 Å². The highest BCUT2D eigenvalue weighted by Crippen LogP contribution is 2.36. The van der Waals surface area contributed by atoms with Crippen molar-refractivity contribution in [3.8, 4) is 0 Å². The molecule has 5 nitrogen and oxygen atoms in total. The Hall–Kier alpha value is -2.25. The average molecular weight is 387 g/mol. The molecule has 0 saturated carbocycles. The van der Waals surface area contributed by atoms with E-state index in [9.17, 15) is 14.4 Å². The van der Waals surface area contributed by atoms with E-state index in [0.29, 0.717) is 5.56 Å². The van der Waals surface area contributed by atoms with Crippen LogP contribution in [0.2, 0.25) is 0 Å². The van der Waals surface area contributed by atoms with Crippen molar-refractivity contribution in [1.82, 2.24) is 0 Å². The van der Waals surface area contributed by atoms with Gasteiger partial charge in [-0.05, 0) is 30.5 Å². The first kappa shape index (κ1) is 18.5. The fourth-order valence-corrected chi connectivity index (χ4v) is 3.95. The van der Waals surface area contributed by atoms with Gasteiger partial charge in [-0.1, -0.05) is 24.3 Å². The molecule has 0 saturated heterocycles. The largest absolute Gasteiger partial charge is 0.457 e. The van der Waals surface area contributed by atoms with Gasteiger partial charge < -0.3 is 10.1 Å².